The van der Waals surface area contributed by atoms with Crippen LogP contribution in [0.2, 0.25) is 0 Å². The van der Waals surface area contributed by atoms with E-state index in [-0.39, 0.29) is 16.6 Å². The van der Waals surface area contributed by atoms with Gasteiger partial charge in [-0.15, -0.1) is 11.8 Å². The number of hydrogen-bond acceptors (Lipinski definition) is 7. The quantitative estimate of drug-likeness (QED) is 0.765. The first-order chi connectivity index (χ1) is 11.8. The van der Waals surface area contributed by atoms with E-state index in [0.29, 0.717) is 16.3 Å². The highest BCUT2D eigenvalue weighted by molar-refractivity contribution is 8.00. The fraction of sp³-hybridized carbons (Fsp3) is 0.200. The Balaban J connectivity index is 2.18. The zero-order valence-corrected chi connectivity index (χ0v) is 15.1. The standard InChI is InChI=1S/C15H15N5O3S2/c1-10-9-11(2)18-14(17-10)19-15(21)20-25(22,23)13-6-4-3-5-12(13)24-8-7-16/h3-6,9H,8H2,1-2H3,(H2,17,18,19,20,21). The van der Waals surface area contributed by atoms with Crippen LogP contribution in [0.1, 0.15) is 11.4 Å². The SMILES string of the molecule is Cc1cc(C)nc(NC(=O)NS(=O)(=O)c2ccccc2SCC#N)n1. The number of sulfonamides is 1. The molecule has 0 saturated heterocycles. The van der Waals surface area contributed by atoms with Crippen molar-refractivity contribution in [2.45, 2.75) is 23.6 Å². The molecule has 0 aliphatic heterocycles. The third kappa shape index (κ3) is 5.17. The Hall–Kier alpha value is -2.64. The summed E-state index contributed by atoms with van der Waals surface area (Å²) in [6.45, 7) is 3.47. The van der Waals surface area contributed by atoms with E-state index < -0.39 is 16.1 Å². The van der Waals surface area contributed by atoms with Crippen LogP contribution in [0, 0.1) is 25.2 Å². The minimum Gasteiger partial charge on any atom is -0.275 e. The van der Waals surface area contributed by atoms with Gasteiger partial charge in [0.2, 0.25) is 5.95 Å². The molecule has 0 spiro atoms. The van der Waals surface area contributed by atoms with E-state index >= 15 is 0 Å². The second kappa shape index (κ2) is 7.96. The predicted octanol–water partition coefficient (Wildman–Crippen LogP) is 2.22. The molecule has 0 aliphatic rings. The van der Waals surface area contributed by atoms with E-state index in [1.54, 1.807) is 32.0 Å². The number of rotatable bonds is 5. The largest absolute Gasteiger partial charge is 0.335 e. The number of nitriles is 1. The molecule has 0 atom stereocenters. The lowest BCUT2D eigenvalue weighted by Gasteiger charge is -2.11. The van der Waals surface area contributed by atoms with E-state index in [0.717, 1.165) is 11.8 Å². The van der Waals surface area contributed by atoms with Crippen LogP contribution in [0.4, 0.5) is 10.7 Å². The second-order valence-corrected chi connectivity index (χ2v) is 7.60. The molecule has 0 radical (unpaired) electrons. The first-order valence-corrected chi connectivity index (χ1v) is 9.53. The molecule has 130 valence electrons. The molecule has 0 aliphatic carbocycles. The number of nitrogens with zero attached hydrogens (tertiary/aromatic N) is 3. The summed E-state index contributed by atoms with van der Waals surface area (Å²) in [6, 6.07) is 8.82. The molecule has 0 saturated carbocycles. The molecule has 0 unspecified atom stereocenters. The van der Waals surface area contributed by atoms with Gasteiger partial charge in [0.05, 0.1) is 11.8 Å². The number of urea groups is 1. The van der Waals surface area contributed by atoms with Crippen molar-refractivity contribution in [2.24, 2.45) is 0 Å². The topological polar surface area (TPSA) is 125 Å². The number of carbonyl (C=O) groups is 1. The summed E-state index contributed by atoms with van der Waals surface area (Å²) in [7, 11) is -4.11. The number of aromatic nitrogens is 2. The average Bonchev–Trinajstić information content (AvgIpc) is 2.51. The van der Waals surface area contributed by atoms with Crippen LogP contribution in [0.15, 0.2) is 40.1 Å². The first kappa shape index (κ1) is 18.7. The number of amides is 2. The second-order valence-electron chi connectivity index (χ2n) is 4.93. The molecule has 1 heterocycles. The van der Waals surface area contributed by atoms with Crippen LogP contribution in [0.5, 0.6) is 0 Å². The van der Waals surface area contributed by atoms with Crippen molar-refractivity contribution in [3.63, 3.8) is 0 Å². The lowest BCUT2D eigenvalue weighted by molar-refractivity contribution is 0.256. The van der Waals surface area contributed by atoms with E-state index in [9.17, 15) is 13.2 Å². The molecule has 25 heavy (non-hydrogen) atoms. The Kier molecular flexibility index (Phi) is 5.95. The molecule has 1 aromatic heterocycles. The van der Waals surface area contributed by atoms with Crippen molar-refractivity contribution >= 4 is 33.8 Å². The molecule has 0 bridgehead atoms. The van der Waals surface area contributed by atoms with Gasteiger partial charge in [0.25, 0.3) is 10.0 Å². The summed E-state index contributed by atoms with van der Waals surface area (Å²) in [5.74, 6) is 0.104. The van der Waals surface area contributed by atoms with Crippen molar-refractivity contribution in [2.75, 3.05) is 11.1 Å². The van der Waals surface area contributed by atoms with Gasteiger partial charge in [-0.3, -0.25) is 5.32 Å². The zero-order chi connectivity index (χ0) is 18.4. The minimum absolute atomic E-state index is 0.0114. The number of anilines is 1. The molecule has 10 heteroatoms. The lowest BCUT2D eigenvalue weighted by atomic mass is 10.4. The van der Waals surface area contributed by atoms with Crippen LogP contribution in [0.3, 0.4) is 0 Å². The molecule has 2 N–H and O–H groups in total. The van der Waals surface area contributed by atoms with Crippen LogP contribution in [-0.4, -0.2) is 30.2 Å². The first-order valence-electron chi connectivity index (χ1n) is 7.06. The molecule has 2 amide bonds. The third-order valence-electron chi connectivity index (χ3n) is 2.87. The van der Waals surface area contributed by atoms with Crippen LogP contribution < -0.4 is 10.0 Å². The predicted molar refractivity (Wildman–Crippen MR) is 93.6 cm³/mol. The van der Waals surface area contributed by atoms with Crippen molar-refractivity contribution in [3.8, 4) is 6.07 Å². The van der Waals surface area contributed by atoms with E-state index in [1.165, 1.54) is 12.1 Å². The average molecular weight is 377 g/mol. The third-order valence-corrected chi connectivity index (χ3v) is 5.32. The number of aryl methyl sites for hydroxylation is 2. The Morgan fingerprint density at radius 3 is 2.52 bits per heavy atom. The van der Waals surface area contributed by atoms with E-state index in [1.807, 2.05) is 10.8 Å². The molecular weight excluding hydrogens is 362 g/mol. The fourth-order valence-electron chi connectivity index (χ4n) is 1.99. The van der Waals surface area contributed by atoms with Gasteiger partial charge in [-0.25, -0.2) is 27.9 Å². The number of hydrogen-bond donors (Lipinski definition) is 2. The number of benzene rings is 1. The highest BCUT2D eigenvalue weighted by Crippen LogP contribution is 2.25. The Labute approximate surface area is 149 Å². The fourth-order valence-corrected chi connectivity index (χ4v) is 4.09. The van der Waals surface area contributed by atoms with E-state index in [2.05, 4.69) is 15.3 Å². The van der Waals surface area contributed by atoms with Crippen LogP contribution in [-0.2, 0) is 10.0 Å². The number of thioether (sulfide) groups is 1. The molecular formula is C15H15N5O3S2. The number of nitrogens with one attached hydrogen (secondary N) is 2. The molecule has 8 nitrogen and oxygen atoms in total. The zero-order valence-electron chi connectivity index (χ0n) is 13.5. The summed E-state index contributed by atoms with van der Waals surface area (Å²) >= 11 is 1.07. The van der Waals surface area contributed by atoms with Gasteiger partial charge in [-0.1, -0.05) is 12.1 Å². The molecule has 2 rings (SSSR count). The Bertz CT molecular complexity index is 918. The van der Waals surface area contributed by atoms with Gasteiger partial charge in [0.1, 0.15) is 4.90 Å². The van der Waals surface area contributed by atoms with Gasteiger partial charge in [-0.2, -0.15) is 5.26 Å². The van der Waals surface area contributed by atoms with Gasteiger partial charge in [0, 0.05) is 16.3 Å². The maximum atomic E-state index is 12.4. The monoisotopic (exact) mass is 377 g/mol. The van der Waals surface area contributed by atoms with Crippen LogP contribution in [0.25, 0.3) is 0 Å². The van der Waals surface area contributed by atoms with E-state index in [4.69, 9.17) is 5.26 Å². The highest BCUT2D eigenvalue weighted by Gasteiger charge is 2.21. The maximum Gasteiger partial charge on any atom is 0.335 e. The normalized spacial score (nSPS) is 10.8. The summed E-state index contributed by atoms with van der Waals surface area (Å²) in [6.07, 6.45) is 0. The van der Waals surface area contributed by atoms with Crippen molar-refractivity contribution in [1.29, 1.82) is 5.26 Å². The van der Waals surface area contributed by atoms with Crippen molar-refractivity contribution < 1.29 is 13.2 Å². The molecule has 1 aromatic carbocycles. The maximum absolute atomic E-state index is 12.4. The molecule has 0 fully saturated rings. The van der Waals surface area contributed by atoms with Crippen LogP contribution >= 0.6 is 11.8 Å². The number of carbonyl (C=O) groups excluding carboxylic acids is 1. The highest BCUT2D eigenvalue weighted by atomic mass is 32.2. The van der Waals surface area contributed by atoms with Crippen molar-refractivity contribution in [1.82, 2.24) is 14.7 Å². The smallest absolute Gasteiger partial charge is 0.275 e. The Morgan fingerprint density at radius 1 is 1.24 bits per heavy atom. The lowest BCUT2D eigenvalue weighted by Crippen LogP contribution is -2.35. The van der Waals surface area contributed by atoms with Gasteiger partial charge < -0.3 is 0 Å². The summed E-state index contributed by atoms with van der Waals surface area (Å²) in [4.78, 5) is 20.3. The van der Waals surface area contributed by atoms with Crippen molar-refractivity contribution in [3.05, 3.63) is 41.7 Å². The van der Waals surface area contributed by atoms with Gasteiger partial charge in [0.15, 0.2) is 0 Å². The Morgan fingerprint density at radius 2 is 1.88 bits per heavy atom. The van der Waals surface area contributed by atoms with Gasteiger partial charge in [-0.05, 0) is 32.0 Å². The summed E-state index contributed by atoms with van der Waals surface area (Å²) < 4.78 is 26.8. The summed E-state index contributed by atoms with van der Waals surface area (Å²) in [5, 5.41) is 11.0. The minimum atomic E-state index is -4.11. The molecule has 2 aromatic rings. The summed E-state index contributed by atoms with van der Waals surface area (Å²) in [5.41, 5.74) is 1.29. The van der Waals surface area contributed by atoms with Gasteiger partial charge >= 0.3 is 6.03 Å².